The van der Waals surface area contributed by atoms with Crippen molar-refractivity contribution in [3.05, 3.63) is 11.8 Å². The van der Waals surface area contributed by atoms with Gasteiger partial charge in [-0.15, -0.1) is 0 Å². The number of carbonyl (C=O) groups excluding carboxylic acids is 1. The molecule has 0 radical (unpaired) electrons. The van der Waals surface area contributed by atoms with E-state index in [9.17, 15) is 4.79 Å². The SMILES string of the molecule is CC1C(=O)OC=C1CCO. The zero-order chi connectivity index (χ0) is 7.56. The maximum atomic E-state index is 10.7. The van der Waals surface area contributed by atoms with E-state index in [-0.39, 0.29) is 18.5 Å². The summed E-state index contributed by atoms with van der Waals surface area (Å²) in [6.45, 7) is 1.85. The van der Waals surface area contributed by atoms with E-state index in [2.05, 4.69) is 4.74 Å². The molecule has 1 rings (SSSR count). The highest BCUT2D eigenvalue weighted by Crippen LogP contribution is 2.21. The van der Waals surface area contributed by atoms with Crippen LogP contribution in [-0.4, -0.2) is 17.7 Å². The van der Waals surface area contributed by atoms with E-state index in [0.717, 1.165) is 5.57 Å². The molecule has 0 aromatic carbocycles. The van der Waals surface area contributed by atoms with Crippen LogP contribution in [0.1, 0.15) is 13.3 Å². The zero-order valence-corrected chi connectivity index (χ0v) is 5.83. The lowest BCUT2D eigenvalue weighted by Crippen LogP contribution is -2.07. The number of aliphatic hydroxyl groups excluding tert-OH is 1. The van der Waals surface area contributed by atoms with E-state index < -0.39 is 0 Å². The molecule has 1 atom stereocenters. The number of aliphatic hydroxyl groups is 1. The first-order chi connectivity index (χ1) is 4.75. The van der Waals surface area contributed by atoms with Crippen LogP contribution in [0.2, 0.25) is 0 Å². The third-order valence-electron chi connectivity index (χ3n) is 1.64. The van der Waals surface area contributed by atoms with Crippen LogP contribution in [0.3, 0.4) is 0 Å². The molecule has 1 unspecified atom stereocenters. The third-order valence-corrected chi connectivity index (χ3v) is 1.64. The van der Waals surface area contributed by atoms with E-state index in [1.807, 2.05) is 0 Å². The fourth-order valence-corrected chi connectivity index (χ4v) is 0.894. The van der Waals surface area contributed by atoms with Crippen LogP contribution in [0.4, 0.5) is 0 Å². The van der Waals surface area contributed by atoms with Gasteiger partial charge < -0.3 is 9.84 Å². The number of esters is 1. The van der Waals surface area contributed by atoms with Gasteiger partial charge in [0.1, 0.15) is 0 Å². The second kappa shape index (κ2) is 2.84. The number of rotatable bonds is 2. The Hall–Kier alpha value is -0.830. The fourth-order valence-electron chi connectivity index (χ4n) is 0.894. The Kier molecular flexibility index (Phi) is 2.06. The highest BCUT2D eigenvalue weighted by molar-refractivity contribution is 5.78. The quantitative estimate of drug-likeness (QED) is 0.569. The summed E-state index contributed by atoms with van der Waals surface area (Å²) >= 11 is 0. The molecule has 0 aromatic rings. The molecule has 0 aliphatic carbocycles. The molecule has 56 valence electrons. The minimum absolute atomic E-state index is 0.0762. The van der Waals surface area contributed by atoms with Crippen LogP contribution in [0, 0.1) is 5.92 Å². The predicted octanol–water partition coefficient (Wildman–Crippen LogP) is 0.446. The number of hydrogen-bond acceptors (Lipinski definition) is 3. The van der Waals surface area contributed by atoms with Crippen molar-refractivity contribution in [3.63, 3.8) is 0 Å². The summed E-state index contributed by atoms with van der Waals surface area (Å²) in [6.07, 6.45) is 1.97. The molecule has 0 saturated heterocycles. The Bertz CT molecular complexity index is 172. The van der Waals surface area contributed by atoms with Gasteiger partial charge in [0.05, 0.1) is 12.2 Å². The maximum Gasteiger partial charge on any atom is 0.317 e. The highest BCUT2D eigenvalue weighted by Gasteiger charge is 2.24. The average molecular weight is 142 g/mol. The Morgan fingerprint density at radius 2 is 2.50 bits per heavy atom. The molecule has 0 spiro atoms. The molecule has 1 aliphatic rings. The molecule has 1 N–H and O–H groups in total. The van der Waals surface area contributed by atoms with Gasteiger partial charge in [0.25, 0.3) is 0 Å². The lowest BCUT2D eigenvalue weighted by molar-refractivity contribution is -0.138. The van der Waals surface area contributed by atoms with Crippen LogP contribution in [0.15, 0.2) is 11.8 Å². The molecule has 0 saturated carbocycles. The van der Waals surface area contributed by atoms with Gasteiger partial charge >= 0.3 is 5.97 Å². The molecule has 0 aromatic heterocycles. The highest BCUT2D eigenvalue weighted by atomic mass is 16.5. The predicted molar refractivity (Wildman–Crippen MR) is 35.0 cm³/mol. The first kappa shape index (κ1) is 7.28. The van der Waals surface area contributed by atoms with E-state index in [1.54, 1.807) is 6.92 Å². The zero-order valence-electron chi connectivity index (χ0n) is 5.83. The van der Waals surface area contributed by atoms with Crippen molar-refractivity contribution in [1.29, 1.82) is 0 Å². The van der Waals surface area contributed by atoms with Crippen LogP contribution < -0.4 is 0 Å². The topological polar surface area (TPSA) is 46.5 Å². The lowest BCUT2D eigenvalue weighted by atomic mass is 10.0. The summed E-state index contributed by atoms with van der Waals surface area (Å²) in [5.41, 5.74) is 0.882. The van der Waals surface area contributed by atoms with E-state index in [4.69, 9.17) is 5.11 Å². The van der Waals surface area contributed by atoms with Crippen LogP contribution in [0.5, 0.6) is 0 Å². The van der Waals surface area contributed by atoms with E-state index in [0.29, 0.717) is 6.42 Å². The third kappa shape index (κ3) is 1.19. The Balaban J connectivity index is 2.54. The summed E-state index contributed by atoms with van der Waals surface area (Å²) in [7, 11) is 0. The Labute approximate surface area is 59.3 Å². The van der Waals surface area contributed by atoms with Crippen LogP contribution in [-0.2, 0) is 9.53 Å². The Morgan fingerprint density at radius 3 is 2.90 bits per heavy atom. The molecule has 3 heteroatoms. The van der Waals surface area contributed by atoms with Gasteiger partial charge in [-0.3, -0.25) is 4.79 Å². The van der Waals surface area contributed by atoms with Gasteiger partial charge in [-0.25, -0.2) is 0 Å². The summed E-state index contributed by atoms with van der Waals surface area (Å²) in [6, 6.07) is 0. The van der Waals surface area contributed by atoms with Crippen molar-refractivity contribution in [2.45, 2.75) is 13.3 Å². The number of ether oxygens (including phenoxy) is 1. The van der Waals surface area contributed by atoms with Gasteiger partial charge in [-0.05, 0) is 18.9 Å². The monoisotopic (exact) mass is 142 g/mol. The molecule has 1 aliphatic heterocycles. The summed E-state index contributed by atoms with van der Waals surface area (Å²) < 4.78 is 4.62. The second-order valence-corrected chi connectivity index (χ2v) is 2.32. The minimum Gasteiger partial charge on any atom is -0.434 e. The lowest BCUT2D eigenvalue weighted by Gasteiger charge is -2.00. The average Bonchev–Trinajstić information content (AvgIpc) is 2.20. The van der Waals surface area contributed by atoms with Gasteiger partial charge in [0, 0.05) is 6.61 Å². The Morgan fingerprint density at radius 1 is 1.80 bits per heavy atom. The fraction of sp³-hybridized carbons (Fsp3) is 0.571. The van der Waals surface area contributed by atoms with Crippen molar-refractivity contribution >= 4 is 5.97 Å². The summed E-state index contributed by atoms with van der Waals surface area (Å²) in [5.74, 6) is -0.379. The van der Waals surface area contributed by atoms with Crippen molar-refractivity contribution in [2.75, 3.05) is 6.61 Å². The molecular formula is C7H10O3. The van der Waals surface area contributed by atoms with Gasteiger partial charge in [0.15, 0.2) is 0 Å². The number of cyclic esters (lactones) is 1. The summed E-state index contributed by atoms with van der Waals surface area (Å²) in [5, 5.41) is 8.52. The molecule has 10 heavy (non-hydrogen) atoms. The molecule has 3 nitrogen and oxygen atoms in total. The molecule has 0 bridgehead atoms. The van der Waals surface area contributed by atoms with E-state index >= 15 is 0 Å². The molecule has 1 heterocycles. The van der Waals surface area contributed by atoms with Crippen molar-refractivity contribution in [1.82, 2.24) is 0 Å². The minimum atomic E-state index is -0.219. The maximum absolute atomic E-state index is 10.7. The van der Waals surface area contributed by atoms with Crippen LogP contribution in [0.25, 0.3) is 0 Å². The van der Waals surface area contributed by atoms with Crippen molar-refractivity contribution < 1.29 is 14.6 Å². The summed E-state index contributed by atoms with van der Waals surface area (Å²) in [4.78, 5) is 10.7. The van der Waals surface area contributed by atoms with Gasteiger partial charge in [0.2, 0.25) is 0 Å². The second-order valence-electron chi connectivity index (χ2n) is 2.32. The van der Waals surface area contributed by atoms with Gasteiger partial charge in [-0.1, -0.05) is 0 Å². The smallest absolute Gasteiger partial charge is 0.317 e. The normalized spacial score (nSPS) is 24.4. The van der Waals surface area contributed by atoms with Crippen molar-refractivity contribution in [3.8, 4) is 0 Å². The molecule has 0 amide bonds. The standard InChI is InChI=1S/C7H10O3/c1-5-6(2-3-8)4-10-7(5)9/h4-5,8H,2-3H2,1H3. The molecule has 0 fully saturated rings. The number of hydrogen-bond donors (Lipinski definition) is 1. The van der Waals surface area contributed by atoms with E-state index in [1.165, 1.54) is 6.26 Å². The van der Waals surface area contributed by atoms with Crippen LogP contribution >= 0.6 is 0 Å². The van der Waals surface area contributed by atoms with Gasteiger partial charge in [-0.2, -0.15) is 0 Å². The largest absolute Gasteiger partial charge is 0.434 e. The molecular weight excluding hydrogens is 132 g/mol. The van der Waals surface area contributed by atoms with Crippen molar-refractivity contribution in [2.24, 2.45) is 5.92 Å². The first-order valence-electron chi connectivity index (χ1n) is 3.26. The number of carbonyl (C=O) groups is 1. The first-order valence-corrected chi connectivity index (χ1v) is 3.26.